The third kappa shape index (κ3) is 4.56. The van der Waals surface area contributed by atoms with Crippen LogP contribution in [0.3, 0.4) is 0 Å². The van der Waals surface area contributed by atoms with Crippen LogP contribution in [0.4, 0.5) is 0 Å². The van der Waals surface area contributed by atoms with Gasteiger partial charge in [0, 0.05) is 26.2 Å². The molecule has 5 nitrogen and oxygen atoms in total. The first-order valence-electron chi connectivity index (χ1n) is 7.83. The topological polar surface area (TPSA) is 58.6 Å². The van der Waals surface area contributed by atoms with E-state index in [2.05, 4.69) is 11.4 Å². The van der Waals surface area contributed by atoms with Crippen LogP contribution in [-0.2, 0) is 27.3 Å². The Morgan fingerprint density at radius 1 is 1.27 bits per heavy atom. The summed E-state index contributed by atoms with van der Waals surface area (Å²) in [6.45, 7) is 6.09. The number of rotatable bonds is 5. The molecule has 1 aliphatic heterocycles. The molecule has 2 rings (SSSR count). The van der Waals surface area contributed by atoms with Crippen LogP contribution in [0, 0.1) is 0 Å². The monoisotopic (exact) mass is 304 g/mol. The molecule has 2 amide bonds. The van der Waals surface area contributed by atoms with Crippen LogP contribution in [0.5, 0.6) is 0 Å². The summed E-state index contributed by atoms with van der Waals surface area (Å²) in [5.74, 6) is -0.969. The number of nitrogens with zero attached hydrogens (tertiary/aromatic N) is 1. The molecule has 0 aliphatic carbocycles. The van der Waals surface area contributed by atoms with E-state index < -0.39 is 11.8 Å². The van der Waals surface area contributed by atoms with Crippen LogP contribution in [0.1, 0.15) is 31.4 Å². The lowest BCUT2D eigenvalue weighted by Gasteiger charge is -2.28. The molecule has 0 saturated heterocycles. The predicted octanol–water partition coefficient (Wildman–Crippen LogP) is 1.50. The highest BCUT2D eigenvalue weighted by Gasteiger charge is 2.25. The minimum atomic E-state index is -0.524. The van der Waals surface area contributed by atoms with E-state index in [4.69, 9.17) is 4.74 Å². The fourth-order valence-electron chi connectivity index (χ4n) is 2.48. The first-order valence-corrected chi connectivity index (χ1v) is 7.83. The zero-order chi connectivity index (χ0) is 15.9. The van der Waals surface area contributed by atoms with Gasteiger partial charge in [-0.3, -0.25) is 9.59 Å². The lowest BCUT2D eigenvalue weighted by Crippen LogP contribution is -2.45. The lowest BCUT2D eigenvalue weighted by atomic mass is 10.00. The second-order valence-corrected chi connectivity index (χ2v) is 5.77. The second-order valence-electron chi connectivity index (χ2n) is 5.77. The van der Waals surface area contributed by atoms with Crippen LogP contribution >= 0.6 is 0 Å². The molecule has 1 heterocycles. The van der Waals surface area contributed by atoms with Crippen molar-refractivity contribution in [1.29, 1.82) is 0 Å². The Balaban J connectivity index is 1.76. The number of amides is 2. The quantitative estimate of drug-likeness (QED) is 0.662. The van der Waals surface area contributed by atoms with Gasteiger partial charge in [-0.2, -0.15) is 0 Å². The highest BCUT2D eigenvalue weighted by atomic mass is 16.5. The van der Waals surface area contributed by atoms with Crippen molar-refractivity contribution >= 4 is 11.8 Å². The van der Waals surface area contributed by atoms with Gasteiger partial charge in [0.15, 0.2) is 0 Å². The van der Waals surface area contributed by atoms with E-state index in [-0.39, 0.29) is 6.10 Å². The van der Waals surface area contributed by atoms with E-state index in [1.54, 1.807) is 4.90 Å². The maximum Gasteiger partial charge on any atom is 0.312 e. The SMILES string of the molecule is CC(C)OCCCNC(=O)C(=O)N1CCc2ccccc2C1. The summed E-state index contributed by atoms with van der Waals surface area (Å²) < 4.78 is 5.39. The first kappa shape index (κ1) is 16.5. The highest BCUT2D eigenvalue weighted by Crippen LogP contribution is 2.18. The van der Waals surface area contributed by atoms with Crippen molar-refractivity contribution < 1.29 is 14.3 Å². The third-order valence-electron chi connectivity index (χ3n) is 3.67. The predicted molar refractivity (Wildman–Crippen MR) is 84.3 cm³/mol. The normalized spacial score (nSPS) is 13.9. The summed E-state index contributed by atoms with van der Waals surface area (Å²) in [7, 11) is 0. The smallest absolute Gasteiger partial charge is 0.312 e. The maximum absolute atomic E-state index is 12.2. The minimum absolute atomic E-state index is 0.186. The van der Waals surface area contributed by atoms with Gasteiger partial charge in [-0.1, -0.05) is 24.3 Å². The highest BCUT2D eigenvalue weighted by molar-refractivity contribution is 6.35. The molecule has 120 valence electrons. The molecule has 0 atom stereocenters. The Labute approximate surface area is 131 Å². The van der Waals surface area contributed by atoms with Crippen molar-refractivity contribution in [1.82, 2.24) is 10.2 Å². The van der Waals surface area contributed by atoms with Gasteiger partial charge in [-0.25, -0.2) is 0 Å². The molecule has 5 heteroatoms. The molecular weight excluding hydrogens is 280 g/mol. The van der Waals surface area contributed by atoms with E-state index in [1.165, 1.54) is 5.56 Å². The fraction of sp³-hybridized carbons (Fsp3) is 0.529. The Bertz CT molecular complexity index is 528. The number of carbonyl (C=O) groups is 2. The molecule has 1 aromatic carbocycles. The summed E-state index contributed by atoms with van der Waals surface area (Å²) in [6.07, 6.45) is 1.70. The number of hydrogen-bond donors (Lipinski definition) is 1. The zero-order valence-electron chi connectivity index (χ0n) is 13.3. The summed E-state index contributed by atoms with van der Waals surface area (Å²) >= 11 is 0. The van der Waals surface area contributed by atoms with E-state index in [0.29, 0.717) is 32.7 Å². The van der Waals surface area contributed by atoms with E-state index >= 15 is 0 Å². The number of fused-ring (bicyclic) bond motifs is 1. The summed E-state index contributed by atoms with van der Waals surface area (Å²) in [6, 6.07) is 8.05. The summed E-state index contributed by atoms with van der Waals surface area (Å²) in [4.78, 5) is 25.7. The van der Waals surface area contributed by atoms with Crippen LogP contribution in [0.25, 0.3) is 0 Å². The van der Waals surface area contributed by atoms with Crippen molar-refractivity contribution in [3.05, 3.63) is 35.4 Å². The maximum atomic E-state index is 12.2. The van der Waals surface area contributed by atoms with Gasteiger partial charge in [-0.15, -0.1) is 0 Å². The fourth-order valence-corrected chi connectivity index (χ4v) is 2.48. The van der Waals surface area contributed by atoms with Crippen LogP contribution in [-0.4, -0.2) is 42.5 Å². The van der Waals surface area contributed by atoms with Gasteiger partial charge in [0.2, 0.25) is 0 Å². The molecule has 0 radical (unpaired) electrons. The number of benzene rings is 1. The average Bonchev–Trinajstić information content (AvgIpc) is 2.52. The standard InChI is InChI=1S/C17H24N2O3/c1-13(2)22-11-5-9-18-16(20)17(21)19-10-8-14-6-3-4-7-15(14)12-19/h3-4,6-7,13H,5,8-12H2,1-2H3,(H,18,20). The molecule has 0 bridgehead atoms. The van der Waals surface area contributed by atoms with E-state index in [1.807, 2.05) is 32.0 Å². The molecule has 0 fully saturated rings. The molecular formula is C17H24N2O3. The molecule has 0 saturated carbocycles. The van der Waals surface area contributed by atoms with E-state index in [9.17, 15) is 9.59 Å². The molecule has 1 N–H and O–H groups in total. The van der Waals surface area contributed by atoms with Gasteiger partial charge >= 0.3 is 11.8 Å². The van der Waals surface area contributed by atoms with E-state index in [0.717, 1.165) is 12.0 Å². The molecule has 1 aliphatic rings. The van der Waals surface area contributed by atoms with Crippen LogP contribution in [0.15, 0.2) is 24.3 Å². The van der Waals surface area contributed by atoms with Gasteiger partial charge in [0.25, 0.3) is 0 Å². The van der Waals surface area contributed by atoms with Crippen molar-refractivity contribution in [2.24, 2.45) is 0 Å². The summed E-state index contributed by atoms with van der Waals surface area (Å²) in [5, 5.41) is 2.67. The minimum Gasteiger partial charge on any atom is -0.379 e. The number of hydrogen-bond acceptors (Lipinski definition) is 3. The molecule has 1 aromatic rings. The molecule has 0 unspecified atom stereocenters. The van der Waals surface area contributed by atoms with Gasteiger partial charge in [-0.05, 0) is 37.8 Å². The average molecular weight is 304 g/mol. The first-order chi connectivity index (χ1) is 10.6. The Hall–Kier alpha value is -1.88. The lowest BCUT2D eigenvalue weighted by molar-refractivity contribution is -0.146. The number of nitrogens with one attached hydrogen (secondary N) is 1. The van der Waals surface area contributed by atoms with Crippen molar-refractivity contribution in [3.8, 4) is 0 Å². The Morgan fingerprint density at radius 2 is 2.00 bits per heavy atom. The second kappa shape index (κ2) is 7.94. The van der Waals surface area contributed by atoms with Crippen molar-refractivity contribution in [2.75, 3.05) is 19.7 Å². The zero-order valence-corrected chi connectivity index (χ0v) is 13.3. The van der Waals surface area contributed by atoms with Crippen molar-refractivity contribution in [2.45, 2.75) is 39.3 Å². The summed E-state index contributed by atoms with van der Waals surface area (Å²) in [5.41, 5.74) is 2.39. The molecule has 22 heavy (non-hydrogen) atoms. The molecule has 0 spiro atoms. The van der Waals surface area contributed by atoms with Gasteiger partial charge in [0.1, 0.15) is 0 Å². The largest absolute Gasteiger partial charge is 0.379 e. The van der Waals surface area contributed by atoms with Crippen LogP contribution < -0.4 is 5.32 Å². The molecule has 0 aromatic heterocycles. The Kier molecular flexibility index (Phi) is 5.95. The van der Waals surface area contributed by atoms with Crippen LogP contribution in [0.2, 0.25) is 0 Å². The number of ether oxygens (including phenoxy) is 1. The van der Waals surface area contributed by atoms with Gasteiger partial charge in [0.05, 0.1) is 6.10 Å². The Morgan fingerprint density at radius 3 is 2.73 bits per heavy atom. The number of carbonyl (C=O) groups excluding carboxylic acids is 2. The van der Waals surface area contributed by atoms with Gasteiger partial charge < -0.3 is 15.0 Å². The third-order valence-corrected chi connectivity index (χ3v) is 3.67. The van der Waals surface area contributed by atoms with Crippen molar-refractivity contribution in [3.63, 3.8) is 0 Å².